The average molecular weight is 527 g/mol. The second kappa shape index (κ2) is 11.5. The Labute approximate surface area is 234 Å². The molecule has 8 heteroatoms. The van der Waals surface area contributed by atoms with Crippen LogP contribution in [-0.4, -0.2) is 48.5 Å². The van der Waals surface area contributed by atoms with Crippen molar-refractivity contribution in [3.63, 3.8) is 0 Å². The summed E-state index contributed by atoms with van der Waals surface area (Å²) < 4.78 is 2.16. The van der Waals surface area contributed by atoms with E-state index in [9.17, 15) is 0 Å². The van der Waals surface area contributed by atoms with Crippen molar-refractivity contribution in [2.45, 2.75) is 25.4 Å². The van der Waals surface area contributed by atoms with E-state index in [1.54, 1.807) is 12.4 Å². The van der Waals surface area contributed by atoms with Crippen molar-refractivity contribution >= 4 is 5.82 Å². The quantitative estimate of drug-likeness (QED) is 0.297. The highest BCUT2D eigenvalue weighted by molar-refractivity contribution is 5.82. The van der Waals surface area contributed by atoms with Gasteiger partial charge in [0.15, 0.2) is 0 Å². The van der Waals surface area contributed by atoms with Gasteiger partial charge in [-0.25, -0.2) is 15.0 Å². The Balaban J connectivity index is 1.16. The number of piperidine rings is 1. The van der Waals surface area contributed by atoms with Crippen LogP contribution in [0.3, 0.4) is 0 Å². The van der Waals surface area contributed by atoms with Gasteiger partial charge in [0.2, 0.25) is 5.82 Å². The maximum atomic E-state index is 9.03. The molecular formula is C32H30N8. The van der Waals surface area contributed by atoms with E-state index in [1.165, 1.54) is 5.56 Å². The van der Waals surface area contributed by atoms with E-state index in [-0.39, 0.29) is 5.82 Å². The number of aromatic nitrogens is 5. The van der Waals surface area contributed by atoms with Crippen molar-refractivity contribution in [1.82, 2.24) is 29.4 Å². The summed E-state index contributed by atoms with van der Waals surface area (Å²) in [4.78, 5) is 20.1. The third-order valence-corrected chi connectivity index (χ3v) is 7.39. The maximum Gasteiger partial charge on any atom is 0.234 e. The van der Waals surface area contributed by atoms with E-state index in [0.29, 0.717) is 6.04 Å². The lowest BCUT2D eigenvalue weighted by atomic mass is 10.0. The van der Waals surface area contributed by atoms with Crippen LogP contribution in [0, 0.1) is 11.3 Å². The highest BCUT2D eigenvalue weighted by atomic mass is 15.1. The van der Waals surface area contributed by atoms with Crippen molar-refractivity contribution in [2.75, 3.05) is 18.4 Å². The summed E-state index contributed by atoms with van der Waals surface area (Å²) in [5.74, 6) is 1.81. The predicted molar refractivity (Wildman–Crippen MR) is 156 cm³/mol. The average Bonchev–Trinajstić information content (AvgIpc) is 3.36. The molecule has 0 amide bonds. The molecule has 198 valence electrons. The van der Waals surface area contributed by atoms with Gasteiger partial charge in [-0.15, -0.1) is 0 Å². The molecule has 0 bridgehead atoms. The molecule has 0 atom stereocenters. The summed E-state index contributed by atoms with van der Waals surface area (Å²) in [5, 5.41) is 12.5. The summed E-state index contributed by atoms with van der Waals surface area (Å²) in [6.07, 6.45) is 7.32. The summed E-state index contributed by atoms with van der Waals surface area (Å²) in [5.41, 5.74) is 6.57. The molecule has 3 aromatic heterocycles. The number of benzene rings is 2. The van der Waals surface area contributed by atoms with E-state index in [2.05, 4.69) is 85.3 Å². The molecule has 0 saturated carbocycles. The summed E-state index contributed by atoms with van der Waals surface area (Å²) >= 11 is 0. The number of likely N-dealkylation sites (tertiary alicyclic amines) is 1. The fraction of sp³-hybridized carbons (Fsp3) is 0.219. The molecule has 0 radical (unpaired) electrons. The normalized spacial score (nSPS) is 14.1. The SMILES string of the molecule is Cn1c(-c2cccnc2)nc(-c2ccc(CN3CCC(Nc4ccnc(C#N)n4)CC3)cc2)c1-c1ccccc1. The van der Waals surface area contributed by atoms with Crippen molar-refractivity contribution in [1.29, 1.82) is 5.26 Å². The lowest BCUT2D eigenvalue weighted by molar-refractivity contribution is 0.211. The smallest absolute Gasteiger partial charge is 0.234 e. The molecule has 1 saturated heterocycles. The molecule has 0 unspecified atom stereocenters. The number of nitriles is 1. The van der Waals surface area contributed by atoms with E-state index >= 15 is 0 Å². The first-order chi connectivity index (χ1) is 19.7. The fourth-order valence-electron chi connectivity index (χ4n) is 5.34. The number of hydrogen-bond donors (Lipinski definition) is 1. The first-order valence-electron chi connectivity index (χ1n) is 13.5. The number of nitrogens with zero attached hydrogens (tertiary/aromatic N) is 7. The molecule has 8 nitrogen and oxygen atoms in total. The monoisotopic (exact) mass is 526 g/mol. The van der Waals surface area contributed by atoms with Gasteiger partial charge in [0.25, 0.3) is 0 Å². The highest BCUT2D eigenvalue weighted by Gasteiger charge is 2.21. The second-order valence-electron chi connectivity index (χ2n) is 10.1. The number of pyridine rings is 1. The first kappa shape index (κ1) is 25.4. The Bertz CT molecular complexity index is 1610. The van der Waals surface area contributed by atoms with Crippen LogP contribution in [0.15, 0.2) is 91.4 Å². The molecule has 1 aliphatic heterocycles. The van der Waals surface area contributed by atoms with Crippen LogP contribution < -0.4 is 5.32 Å². The second-order valence-corrected chi connectivity index (χ2v) is 10.1. The van der Waals surface area contributed by atoms with Crippen LogP contribution in [0.4, 0.5) is 5.82 Å². The molecule has 5 aromatic rings. The number of rotatable bonds is 7. The minimum absolute atomic E-state index is 0.195. The van der Waals surface area contributed by atoms with Crippen LogP contribution in [0.1, 0.15) is 24.2 Å². The summed E-state index contributed by atoms with van der Waals surface area (Å²) in [6.45, 7) is 2.92. The van der Waals surface area contributed by atoms with Crippen molar-refractivity contribution in [3.05, 3.63) is 103 Å². The Morgan fingerprint density at radius 2 is 1.65 bits per heavy atom. The van der Waals surface area contributed by atoms with E-state index < -0.39 is 0 Å². The van der Waals surface area contributed by atoms with E-state index in [1.807, 2.05) is 36.5 Å². The predicted octanol–water partition coefficient (Wildman–Crippen LogP) is 5.55. The molecule has 0 aliphatic carbocycles. The van der Waals surface area contributed by atoms with Gasteiger partial charge >= 0.3 is 0 Å². The Kier molecular flexibility index (Phi) is 7.29. The molecule has 2 aromatic carbocycles. The molecular weight excluding hydrogens is 496 g/mol. The number of anilines is 1. The van der Waals surface area contributed by atoms with Gasteiger partial charge in [0.1, 0.15) is 17.7 Å². The van der Waals surface area contributed by atoms with Gasteiger partial charge in [-0.3, -0.25) is 9.88 Å². The van der Waals surface area contributed by atoms with Crippen LogP contribution in [0.5, 0.6) is 0 Å². The van der Waals surface area contributed by atoms with Gasteiger partial charge in [-0.1, -0.05) is 54.6 Å². The zero-order valence-electron chi connectivity index (χ0n) is 22.4. The summed E-state index contributed by atoms with van der Waals surface area (Å²) in [7, 11) is 2.07. The van der Waals surface area contributed by atoms with Crippen molar-refractivity contribution in [3.8, 4) is 40.0 Å². The largest absolute Gasteiger partial charge is 0.367 e. The number of hydrogen-bond acceptors (Lipinski definition) is 7. The molecule has 0 spiro atoms. The van der Waals surface area contributed by atoms with Gasteiger partial charge in [-0.2, -0.15) is 5.26 Å². The minimum atomic E-state index is 0.195. The molecule has 1 fully saturated rings. The molecule has 6 rings (SSSR count). The van der Waals surface area contributed by atoms with Crippen LogP contribution in [0.25, 0.3) is 33.9 Å². The van der Waals surface area contributed by atoms with Crippen LogP contribution in [0.2, 0.25) is 0 Å². The van der Waals surface area contributed by atoms with Gasteiger partial charge in [-0.05, 0) is 36.6 Å². The van der Waals surface area contributed by atoms with Gasteiger partial charge < -0.3 is 9.88 Å². The zero-order valence-corrected chi connectivity index (χ0v) is 22.4. The zero-order chi connectivity index (χ0) is 27.3. The summed E-state index contributed by atoms with van der Waals surface area (Å²) in [6, 6.07) is 27.4. The molecule has 4 heterocycles. The third-order valence-electron chi connectivity index (χ3n) is 7.39. The van der Waals surface area contributed by atoms with Crippen molar-refractivity contribution < 1.29 is 0 Å². The van der Waals surface area contributed by atoms with Crippen molar-refractivity contribution in [2.24, 2.45) is 7.05 Å². The topological polar surface area (TPSA) is 95.5 Å². The first-order valence-corrected chi connectivity index (χ1v) is 13.5. The molecule has 1 aliphatic rings. The number of imidazole rings is 1. The Hall–Kier alpha value is -4.87. The highest BCUT2D eigenvalue weighted by Crippen LogP contribution is 2.35. The van der Waals surface area contributed by atoms with Crippen LogP contribution in [-0.2, 0) is 13.6 Å². The lowest BCUT2D eigenvalue weighted by Gasteiger charge is -2.32. The maximum absolute atomic E-state index is 9.03. The minimum Gasteiger partial charge on any atom is -0.367 e. The van der Waals surface area contributed by atoms with Gasteiger partial charge in [0, 0.05) is 68.0 Å². The lowest BCUT2D eigenvalue weighted by Crippen LogP contribution is -2.38. The standard InChI is InChI=1S/C32H30N8/c1-39-31(25-6-3-2-4-7-25)30(38-32(39)26-8-5-16-34-21-26)24-11-9-23(10-12-24)22-40-18-14-27(15-19-40)36-28-13-17-35-29(20-33)37-28/h2-13,16-17,21,27H,14-15,18-19,22H2,1H3,(H,35,36,37). The van der Waals surface area contributed by atoms with E-state index in [4.69, 9.17) is 10.2 Å². The van der Waals surface area contributed by atoms with Crippen LogP contribution >= 0.6 is 0 Å². The van der Waals surface area contributed by atoms with E-state index in [0.717, 1.165) is 72.2 Å². The Morgan fingerprint density at radius 1 is 0.875 bits per heavy atom. The fourth-order valence-corrected chi connectivity index (χ4v) is 5.34. The van der Waals surface area contributed by atoms with Gasteiger partial charge in [0.05, 0.1) is 11.4 Å². The molecule has 1 N–H and O–H groups in total. The Morgan fingerprint density at radius 3 is 2.38 bits per heavy atom. The third kappa shape index (κ3) is 5.46. The number of nitrogens with one attached hydrogen (secondary N) is 1. The molecule has 40 heavy (non-hydrogen) atoms.